The third kappa shape index (κ3) is 1.35. The van der Waals surface area contributed by atoms with E-state index in [-0.39, 0.29) is 13.1 Å². The van der Waals surface area contributed by atoms with Gasteiger partial charge in [-0.3, -0.25) is 5.10 Å². The molecule has 0 amide bonds. The smallest absolute Gasteiger partial charge is 0.282 e. The van der Waals surface area contributed by atoms with E-state index in [0.29, 0.717) is 16.2 Å². The fourth-order valence-electron chi connectivity index (χ4n) is 1.90. The molecule has 16 heavy (non-hydrogen) atoms. The summed E-state index contributed by atoms with van der Waals surface area (Å²) in [5.74, 6) is -2.10. The number of rotatable bonds is 1. The van der Waals surface area contributed by atoms with Crippen molar-refractivity contribution < 1.29 is 8.78 Å². The van der Waals surface area contributed by atoms with Crippen LogP contribution in [0.1, 0.15) is 0 Å². The quantitative estimate of drug-likeness (QED) is 0.835. The summed E-state index contributed by atoms with van der Waals surface area (Å²) >= 11 is 6.03. The van der Waals surface area contributed by atoms with E-state index >= 15 is 0 Å². The number of hydrogen-bond acceptors (Lipinski definition) is 2. The maximum Gasteiger partial charge on any atom is 0.282 e. The van der Waals surface area contributed by atoms with Gasteiger partial charge in [-0.1, -0.05) is 17.7 Å². The largest absolute Gasteiger partial charge is 0.342 e. The molecule has 3 rings (SSSR count). The Hall–Kier alpha value is -1.36. The summed E-state index contributed by atoms with van der Waals surface area (Å²) in [4.78, 5) is 1.52. The summed E-state index contributed by atoms with van der Waals surface area (Å²) in [5.41, 5.74) is 0.762. The molecule has 1 fully saturated rings. The number of alkyl halides is 2. The Kier molecular flexibility index (Phi) is 1.89. The molecule has 3 nitrogen and oxygen atoms in total. The molecule has 0 radical (unpaired) electrons. The second-order valence-electron chi connectivity index (χ2n) is 3.92. The molecule has 1 saturated heterocycles. The molecular formula is C10H8ClF2N3. The van der Waals surface area contributed by atoms with Crippen LogP contribution in [0.5, 0.6) is 0 Å². The van der Waals surface area contributed by atoms with Gasteiger partial charge in [-0.15, -0.1) is 0 Å². The number of anilines is 1. The molecule has 1 aromatic carbocycles. The zero-order valence-electron chi connectivity index (χ0n) is 8.17. The van der Waals surface area contributed by atoms with Crippen LogP contribution in [0.3, 0.4) is 0 Å². The molecule has 1 aromatic heterocycles. The van der Waals surface area contributed by atoms with Gasteiger partial charge >= 0.3 is 0 Å². The second kappa shape index (κ2) is 3.07. The van der Waals surface area contributed by atoms with Gasteiger partial charge in [0, 0.05) is 0 Å². The van der Waals surface area contributed by atoms with Crippen molar-refractivity contribution in [1.29, 1.82) is 0 Å². The van der Waals surface area contributed by atoms with Crippen LogP contribution in [0.4, 0.5) is 14.6 Å². The van der Waals surface area contributed by atoms with Crippen molar-refractivity contribution in [2.24, 2.45) is 0 Å². The minimum absolute atomic E-state index is 0.293. The number of benzene rings is 1. The van der Waals surface area contributed by atoms with Gasteiger partial charge in [-0.05, 0) is 12.1 Å². The van der Waals surface area contributed by atoms with Crippen molar-refractivity contribution in [1.82, 2.24) is 10.2 Å². The first-order valence-corrected chi connectivity index (χ1v) is 5.20. The normalized spacial score (nSPS) is 18.8. The van der Waals surface area contributed by atoms with Crippen molar-refractivity contribution in [2.45, 2.75) is 5.92 Å². The molecule has 0 unspecified atom stereocenters. The minimum atomic E-state index is -2.60. The molecule has 0 atom stereocenters. The number of halogens is 3. The lowest BCUT2D eigenvalue weighted by atomic mass is 10.1. The predicted octanol–water partition coefficient (Wildman–Crippen LogP) is 2.67. The van der Waals surface area contributed by atoms with E-state index < -0.39 is 5.92 Å². The van der Waals surface area contributed by atoms with E-state index in [1.165, 1.54) is 4.90 Å². The SMILES string of the molecule is FC1(F)CN(c2n[nH]c3cccc(Cl)c23)C1. The summed E-state index contributed by atoms with van der Waals surface area (Å²) in [5, 5.41) is 8.04. The summed E-state index contributed by atoms with van der Waals surface area (Å²) in [7, 11) is 0. The van der Waals surface area contributed by atoms with Crippen LogP contribution in [-0.2, 0) is 0 Å². The molecule has 0 bridgehead atoms. The number of aromatic nitrogens is 2. The van der Waals surface area contributed by atoms with Crippen molar-refractivity contribution in [2.75, 3.05) is 18.0 Å². The first-order chi connectivity index (χ1) is 7.57. The van der Waals surface area contributed by atoms with Crippen molar-refractivity contribution >= 4 is 28.3 Å². The number of aromatic amines is 1. The Morgan fingerprint density at radius 1 is 1.38 bits per heavy atom. The maximum atomic E-state index is 12.8. The average Bonchev–Trinajstić information content (AvgIpc) is 2.59. The van der Waals surface area contributed by atoms with E-state index in [2.05, 4.69) is 10.2 Å². The van der Waals surface area contributed by atoms with Crippen LogP contribution in [0, 0.1) is 0 Å². The van der Waals surface area contributed by atoms with Crippen LogP contribution >= 0.6 is 11.6 Å². The van der Waals surface area contributed by atoms with Crippen LogP contribution in [0.15, 0.2) is 18.2 Å². The highest BCUT2D eigenvalue weighted by atomic mass is 35.5. The van der Waals surface area contributed by atoms with Crippen LogP contribution in [0.25, 0.3) is 10.9 Å². The summed E-state index contributed by atoms with van der Waals surface area (Å²) in [6, 6.07) is 5.33. The lowest BCUT2D eigenvalue weighted by Gasteiger charge is -2.39. The highest BCUT2D eigenvalue weighted by Crippen LogP contribution is 2.37. The molecule has 1 aliphatic heterocycles. The van der Waals surface area contributed by atoms with E-state index in [4.69, 9.17) is 11.6 Å². The Morgan fingerprint density at radius 2 is 2.12 bits per heavy atom. The molecule has 0 saturated carbocycles. The number of nitrogens with zero attached hydrogens (tertiary/aromatic N) is 2. The van der Waals surface area contributed by atoms with Gasteiger partial charge < -0.3 is 4.90 Å². The highest BCUT2D eigenvalue weighted by molar-refractivity contribution is 6.36. The first kappa shape index (κ1) is 9.84. The molecule has 0 spiro atoms. The third-order valence-electron chi connectivity index (χ3n) is 2.66. The summed E-state index contributed by atoms with van der Waals surface area (Å²) < 4.78 is 25.5. The zero-order chi connectivity index (χ0) is 11.3. The van der Waals surface area contributed by atoms with Crippen LogP contribution in [0.2, 0.25) is 5.02 Å². The fourth-order valence-corrected chi connectivity index (χ4v) is 2.16. The molecular weight excluding hydrogens is 236 g/mol. The Balaban J connectivity index is 2.06. The predicted molar refractivity (Wildman–Crippen MR) is 58.3 cm³/mol. The van der Waals surface area contributed by atoms with Gasteiger partial charge in [0.1, 0.15) is 0 Å². The van der Waals surface area contributed by atoms with E-state index in [9.17, 15) is 8.78 Å². The average molecular weight is 244 g/mol. The standard InChI is InChI=1S/C10H8ClF2N3/c11-6-2-1-3-7-8(6)9(15-14-7)16-4-10(12,13)5-16/h1-3H,4-5H2,(H,14,15). The monoisotopic (exact) mass is 243 g/mol. The van der Waals surface area contributed by atoms with Crippen molar-refractivity contribution in [3.63, 3.8) is 0 Å². The number of nitrogens with one attached hydrogen (secondary N) is 1. The zero-order valence-corrected chi connectivity index (χ0v) is 8.93. The number of hydrogen-bond donors (Lipinski definition) is 1. The lowest BCUT2D eigenvalue weighted by Crippen LogP contribution is -2.56. The van der Waals surface area contributed by atoms with Crippen molar-refractivity contribution in [3.05, 3.63) is 23.2 Å². The topological polar surface area (TPSA) is 31.9 Å². The van der Waals surface area contributed by atoms with Crippen LogP contribution in [-0.4, -0.2) is 29.2 Å². The van der Waals surface area contributed by atoms with Gasteiger partial charge in [0.2, 0.25) is 0 Å². The Morgan fingerprint density at radius 3 is 2.81 bits per heavy atom. The van der Waals surface area contributed by atoms with Gasteiger partial charge in [-0.2, -0.15) is 5.10 Å². The number of fused-ring (bicyclic) bond motifs is 1. The molecule has 84 valence electrons. The Labute approximate surface area is 95.0 Å². The van der Waals surface area contributed by atoms with E-state index in [1.54, 1.807) is 12.1 Å². The van der Waals surface area contributed by atoms with Crippen LogP contribution < -0.4 is 4.90 Å². The highest BCUT2D eigenvalue weighted by Gasteiger charge is 2.45. The molecule has 6 heteroatoms. The van der Waals surface area contributed by atoms with Gasteiger partial charge in [-0.25, -0.2) is 8.78 Å². The molecule has 1 aliphatic rings. The van der Waals surface area contributed by atoms with E-state index in [0.717, 1.165) is 5.52 Å². The third-order valence-corrected chi connectivity index (χ3v) is 2.98. The van der Waals surface area contributed by atoms with Gasteiger partial charge in [0.25, 0.3) is 5.92 Å². The minimum Gasteiger partial charge on any atom is -0.342 e. The van der Waals surface area contributed by atoms with Gasteiger partial charge in [0.15, 0.2) is 5.82 Å². The van der Waals surface area contributed by atoms with Gasteiger partial charge in [0.05, 0.1) is 29.0 Å². The van der Waals surface area contributed by atoms with E-state index in [1.807, 2.05) is 6.07 Å². The fraction of sp³-hybridized carbons (Fsp3) is 0.300. The Bertz CT molecular complexity index is 544. The molecule has 2 aromatic rings. The molecule has 2 heterocycles. The second-order valence-corrected chi connectivity index (χ2v) is 4.33. The number of H-pyrrole nitrogens is 1. The summed E-state index contributed by atoms with van der Waals surface area (Å²) in [6.07, 6.45) is 0. The molecule has 1 N–H and O–H groups in total. The lowest BCUT2D eigenvalue weighted by molar-refractivity contribution is -0.0265. The molecule has 0 aliphatic carbocycles. The maximum absolute atomic E-state index is 12.8. The first-order valence-electron chi connectivity index (χ1n) is 4.82. The summed E-state index contributed by atoms with van der Waals surface area (Å²) in [6.45, 7) is -0.587. The van der Waals surface area contributed by atoms with Crippen molar-refractivity contribution in [3.8, 4) is 0 Å².